The molecule has 160 valence electrons. The number of halogens is 1. The van der Waals surface area contributed by atoms with Crippen molar-refractivity contribution in [3.8, 4) is 11.1 Å². The third-order valence-electron chi connectivity index (χ3n) is 5.74. The van der Waals surface area contributed by atoms with Crippen LogP contribution in [0, 0.1) is 13.8 Å². The van der Waals surface area contributed by atoms with E-state index >= 15 is 0 Å². The highest BCUT2D eigenvalue weighted by molar-refractivity contribution is 6.31. The number of nitrogens with one attached hydrogen (secondary N) is 2. The van der Waals surface area contributed by atoms with E-state index in [-0.39, 0.29) is 0 Å². The number of hydrogen-bond donors (Lipinski definition) is 2. The minimum absolute atomic E-state index is 0.613. The van der Waals surface area contributed by atoms with E-state index in [1.165, 1.54) is 5.56 Å². The minimum atomic E-state index is 0.613. The second-order valence-corrected chi connectivity index (χ2v) is 8.34. The molecule has 0 bridgehead atoms. The normalized spacial score (nSPS) is 11.3. The average molecular weight is 443 g/mol. The highest BCUT2D eigenvalue weighted by Gasteiger charge is 2.17. The second kappa shape index (κ2) is 7.80. The molecule has 2 N–H and O–H groups in total. The summed E-state index contributed by atoms with van der Waals surface area (Å²) in [5, 5.41) is 14.0. The van der Waals surface area contributed by atoms with Crippen LogP contribution in [0.1, 0.15) is 11.1 Å². The van der Waals surface area contributed by atoms with Crippen LogP contribution in [-0.4, -0.2) is 26.8 Å². The molecule has 0 saturated carbocycles. The number of fused-ring (bicyclic) bond motifs is 2. The van der Waals surface area contributed by atoms with E-state index in [0.29, 0.717) is 5.95 Å². The van der Waals surface area contributed by atoms with Crippen LogP contribution < -0.4 is 10.6 Å². The molecule has 5 rings (SSSR count). The second-order valence-electron chi connectivity index (χ2n) is 7.93. The molecule has 0 amide bonds. The van der Waals surface area contributed by atoms with Gasteiger partial charge in [0.2, 0.25) is 5.95 Å². The maximum atomic E-state index is 6.32. The van der Waals surface area contributed by atoms with Crippen LogP contribution in [0.3, 0.4) is 0 Å². The summed E-state index contributed by atoms with van der Waals surface area (Å²) >= 11 is 6.32. The van der Waals surface area contributed by atoms with Crippen LogP contribution in [0.4, 0.5) is 17.5 Å². The van der Waals surface area contributed by atoms with Gasteiger partial charge in [-0.05, 0) is 60.9 Å². The molecular weight excluding hydrogens is 420 g/mol. The monoisotopic (exact) mass is 442 g/mol. The summed E-state index contributed by atoms with van der Waals surface area (Å²) < 4.78 is 1.93. The van der Waals surface area contributed by atoms with Crippen molar-refractivity contribution < 1.29 is 0 Å². The largest absolute Gasteiger partial charge is 0.357 e. The maximum Gasteiger partial charge on any atom is 0.222 e. The van der Waals surface area contributed by atoms with Gasteiger partial charge in [-0.2, -0.15) is 5.10 Å². The van der Waals surface area contributed by atoms with E-state index in [4.69, 9.17) is 16.7 Å². The number of benzene rings is 3. The first-order chi connectivity index (χ1) is 15.4. The lowest BCUT2D eigenvalue weighted by Gasteiger charge is -2.11. The van der Waals surface area contributed by atoms with Crippen LogP contribution in [0.5, 0.6) is 0 Å². The Kier molecular flexibility index (Phi) is 4.94. The number of rotatable bonds is 4. The molecule has 0 fully saturated rings. The smallest absolute Gasteiger partial charge is 0.222 e. The van der Waals surface area contributed by atoms with E-state index in [9.17, 15) is 0 Å². The van der Waals surface area contributed by atoms with Crippen molar-refractivity contribution in [1.29, 1.82) is 0 Å². The minimum Gasteiger partial charge on any atom is -0.357 e. The van der Waals surface area contributed by atoms with Crippen LogP contribution in [0.25, 0.3) is 32.9 Å². The quantitative estimate of drug-likeness (QED) is 0.345. The molecule has 7 heteroatoms. The Balaban J connectivity index is 1.64. The molecule has 0 saturated heterocycles. The van der Waals surface area contributed by atoms with Gasteiger partial charge in [0.05, 0.1) is 11.0 Å². The molecule has 2 aromatic heterocycles. The number of hydrogen-bond acceptors (Lipinski definition) is 5. The van der Waals surface area contributed by atoms with Crippen molar-refractivity contribution in [2.45, 2.75) is 13.8 Å². The van der Waals surface area contributed by atoms with E-state index in [1.807, 2.05) is 56.2 Å². The average Bonchev–Trinajstić information content (AvgIpc) is 3.10. The lowest BCUT2D eigenvalue weighted by Crippen LogP contribution is -1.97. The van der Waals surface area contributed by atoms with Gasteiger partial charge in [0.1, 0.15) is 0 Å². The summed E-state index contributed by atoms with van der Waals surface area (Å²) in [4.78, 5) is 8.90. The standard InChI is InChI=1S/C25H23ClN6/c1-14-5-8-18(12-20(14)26)29-24-19-9-6-15(2)22(23(19)32(4)31-24)16-7-10-21-17(11-16)13-28-25(27-3)30-21/h5-13H,1-4H3,(H,29,31)(H,27,28,30). The topological polar surface area (TPSA) is 67.7 Å². The molecule has 3 aromatic carbocycles. The van der Waals surface area contributed by atoms with Gasteiger partial charge in [0, 0.05) is 47.3 Å². The number of anilines is 3. The molecule has 0 aliphatic heterocycles. The molecule has 0 unspecified atom stereocenters. The maximum absolute atomic E-state index is 6.32. The lowest BCUT2D eigenvalue weighted by atomic mass is 9.96. The van der Waals surface area contributed by atoms with Gasteiger partial charge < -0.3 is 10.6 Å². The van der Waals surface area contributed by atoms with Crippen LogP contribution in [-0.2, 0) is 7.05 Å². The molecule has 5 aromatic rings. The fraction of sp³-hybridized carbons (Fsp3) is 0.160. The first kappa shape index (κ1) is 20.3. The van der Waals surface area contributed by atoms with Crippen molar-refractivity contribution in [2.24, 2.45) is 7.05 Å². The molecule has 2 heterocycles. The molecule has 0 radical (unpaired) electrons. The number of nitrogens with zero attached hydrogens (tertiary/aromatic N) is 4. The third-order valence-corrected chi connectivity index (χ3v) is 6.15. The Hall–Kier alpha value is -3.64. The first-order valence-electron chi connectivity index (χ1n) is 10.4. The summed E-state index contributed by atoms with van der Waals surface area (Å²) in [5.41, 5.74) is 7.35. The number of aromatic nitrogens is 4. The van der Waals surface area contributed by atoms with Crippen molar-refractivity contribution >= 4 is 50.9 Å². The molecule has 6 nitrogen and oxygen atoms in total. The Morgan fingerprint density at radius 3 is 2.56 bits per heavy atom. The highest BCUT2D eigenvalue weighted by Crippen LogP contribution is 2.37. The Morgan fingerprint density at radius 2 is 1.78 bits per heavy atom. The summed E-state index contributed by atoms with van der Waals surface area (Å²) in [6.45, 7) is 4.12. The zero-order chi connectivity index (χ0) is 22.4. The van der Waals surface area contributed by atoms with E-state index in [2.05, 4.69) is 51.8 Å². The van der Waals surface area contributed by atoms with Gasteiger partial charge in [-0.15, -0.1) is 0 Å². The zero-order valence-corrected chi connectivity index (χ0v) is 19.1. The van der Waals surface area contributed by atoms with Gasteiger partial charge in [-0.1, -0.05) is 29.8 Å². The number of aryl methyl sites for hydroxylation is 3. The van der Waals surface area contributed by atoms with Gasteiger partial charge in [0.15, 0.2) is 5.82 Å². The SMILES string of the molecule is CNc1ncc2cc(-c3c(C)ccc4c(Nc5ccc(C)c(Cl)c5)nn(C)c34)ccc2n1. The van der Waals surface area contributed by atoms with Gasteiger partial charge in [-0.3, -0.25) is 4.68 Å². The summed E-state index contributed by atoms with van der Waals surface area (Å²) in [6, 6.07) is 16.5. The van der Waals surface area contributed by atoms with E-state index < -0.39 is 0 Å². The van der Waals surface area contributed by atoms with Crippen molar-refractivity contribution in [2.75, 3.05) is 17.7 Å². The van der Waals surface area contributed by atoms with E-state index in [1.54, 1.807) is 0 Å². The van der Waals surface area contributed by atoms with Gasteiger partial charge in [-0.25, -0.2) is 9.97 Å². The Labute approximate surface area is 191 Å². The predicted molar refractivity (Wildman–Crippen MR) is 133 cm³/mol. The van der Waals surface area contributed by atoms with Crippen molar-refractivity contribution in [1.82, 2.24) is 19.7 Å². The highest BCUT2D eigenvalue weighted by atomic mass is 35.5. The van der Waals surface area contributed by atoms with Crippen LogP contribution in [0.15, 0.2) is 54.7 Å². The van der Waals surface area contributed by atoms with Crippen molar-refractivity contribution in [3.05, 3.63) is 70.9 Å². The first-order valence-corrected chi connectivity index (χ1v) is 10.8. The molecule has 0 aliphatic carbocycles. The van der Waals surface area contributed by atoms with Crippen molar-refractivity contribution in [3.63, 3.8) is 0 Å². The fourth-order valence-corrected chi connectivity index (χ4v) is 4.23. The summed E-state index contributed by atoms with van der Waals surface area (Å²) in [6.07, 6.45) is 1.85. The third kappa shape index (κ3) is 3.42. The fourth-order valence-electron chi connectivity index (χ4n) is 4.05. The van der Waals surface area contributed by atoms with Crippen LogP contribution in [0.2, 0.25) is 5.02 Å². The van der Waals surface area contributed by atoms with E-state index in [0.717, 1.165) is 55.0 Å². The molecule has 0 aliphatic rings. The van der Waals surface area contributed by atoms with Gasteiger partial charge in [0.25, 0.3) is 0 Å². The Morgan fingerprint density at radius 1 is 0.969 bits per heavy atom. The molecule has 0 atom stereocenters. The summed E-state index contributed by atoms with van der Waals surface area (Å²) in [7, 11) is 3.79. The Bertz CT molecular complexity index is 1490. The zero-order valence-electron chi connectivity index (χ0n) is 18.4. The summed E-state index contributed by atoms with van der Waals surface area (Å²) in [5.74, 6) is 1.41. The van der Waals surface area contributed by atoms with Gasteiger partial charge >= 0.3 is 0 Å². The lowest BCUT2D eigenvalue weighted by molar-refractivity contribution is 0.801. The molecule has 32 heavy (non-hydrogen) atoms. The molecular formula is C25H23ClN6. The van der Waals surface area contributed by atoms with Crippen LogP contribution >= 0.6 is 11.6 Å². The molecule has 0 spiro atoms. The predicted octanol–water partition coefficient (Wildman–Crippen LogP) is 6.24.